The smallest absolute Gasteiger partial charge is 0.131 e. The Kier molecular flexibility index (Phi) is 6.84. The molecule has 1 aliphatic rings. The van der Waals surface area contributed by atoms with Crippen molar-refractivity contribution in [1.29, 1.82) is 0 Å². The Labute approximate surface area is 148 Å². The summed E-state index contributed by atoms with van der Waals surface area (Å²) >= 11 is 1.66. The van der Waals surface area contributed by atoms with E-state index in [1.165, 1.54) is 5.56 Å². The Morgan fingerprint density at radius 2 is 2.13 bits per heavy atom. The molecule has 0 aliphatic carbocycles. The lowest BCUT2D eigenvalue weighted by atomic mass is 10.1. The average molecular weight is 354 g/mol. The molecule has 1 aromatic carbocycles. The van der Waals surface area contributed by atoms with Crippen molar-refractivity contribution in [2.45, 2.75) is 33.0 Å². The SMILES string of the molecule is Cc1nc(COc2ccc(CN3CCN[C@H](C)C3)cc2)cs1.Cl. The highest BCUT2D eigenvalue weighted by atomic mass is 35.5. The molecule has 6 heteroatoms. The van der Waals surface area contributed by atoms with Gasteiger partial charge in [0.05, 0.1) is 10.7 Å². The van der Waals surface area contributed by atoms with Crippen LogP contribution in [0.2, 0.25) is 0 Å². The van der Waals surface area contributed by atoms with Crippen LogP contribution in [0.15, 0.2) is 29.6 Å². The first-order valence-corrected chi connectivity index (χ1v) is 8.65. The van der Waals surface area contributed by atoms with Crippen LogP contribution in [0, 0.1) is 6.92 Å². The first-order chi connectivity index (χ1) is 10.7. The third-order valence-electron chi connectivity index (χ3n) is 3.84. The predicted octanol–water partition coefficient (Wildman–Crippen LogP) is 3.25. The number of halogens is 1. The highest BCUT2D eigenvalue weighted by Crippen LogP contribution is 2.17. The van der Waals surface area contributed by atoms with Gasteiger partial charge in [-0.05, 0) is 31.5 Å². The summed E-state index contributed by atoms with van der Waals surface area (Å²) in [6, 6.07) is 9.01. The van der Waals surface area contributed by atoms with Crippen molar-refractivity contribution in [3.63, 3.8) is 0 Å². The van der Waals surface area contributed by atoms with E-state index >= 15 is 0 Å². The van der Waals surface area contributed by atoms with Gasteiger partial charge in [0.15, 0.2) is 0 Å². The quantitative estimate of drug-likeness (QED) is 0.895. The summed E-state index contributed by atoms with van der Waals surface area (Å²) in [5.41, 5.74) is 2.34. The molecule has 2 aromatic rings. The molecular formula is C17H24ClN3OS. The van der Waals surface area contributed by atoms with Gasteiger partial charge in [0.2, 0.25) is 0 Å². The van der Waals surface area contributed by atoms with E-state index in [0.29, 0.717) is 12.6 Å². The van der Waals surface area contributed by atoms with Gasteiger partial charge in [-0.15, -0.1) is 23.7 Å². The maximum absolute atomic E-state index is 5.79. The Morgan fingerprint density at radius 1 is 1.35 bits per heavy atom. The van der Waals surface area contributed by atoms with Crippen molar-refractivity contribution in [2.75, 3.05) is 19.6 Å². The Bertz CT molecular complexity index is 602. The van der Waals surface area contributed by atoms with Crippen LogP contribution < -0.4 is 10.1 Å². The van der Waals surface area contributed by atoms with Crippen LogP contribution in [0.3, 0.4) is 0 Å². The second-order valence-corrected chi connectivity index (χ2v) is 6.94. The molecule has 1 atom stereocenters. The van der Waals surface area contributed by atoms with Crippen LogP contribution in [0.25, 0.3) is 0 Å². The monoisotopic (exact) mass is 353 g/mol. The number of nitrogens with one attached hydrogen (secondary N) is 1. The number of benzene rings is 1. The lowest BCUT2D eigenvalue weighted by Gasteiger charge is -2.31. The molecule has 0 spiro atoms. The second-order valence-electron chi connectivity index (χ2n) is 5.88. The van der Waals surface area contributed by atoms with Crippen LogP contribution in [-0.2, 0) is 13.2 Å². The van der Waals surface area contributed by atoms with Crippen LogP contribution in [0.4, 0.5) is 0 Å². The largest absolute Gasteiger partial charge is 0.487 e. The number of ether oxygens (including phenoxy) is 1. The van der Waals surface area contributed by atoms with Crippen LogP contribution in [0.1, 0.15) is 23.2 Å². The van der Waals surface area contributed by atoms with Crippen molar-refractivity contribution < 1.29 is 4.74 Å². The topological polar surface area (TPSA) is 37.4 Å². The maximum atomic E-state index is 5.79. The molecule has 4 nitrogen and oxygen atoms in total. The first-order valence-electron chi connectivity index (χ1n) is 7.77. The van der Waals surface area contributed by atoms with Gasteiger partial charge in [-0.25, -0.2) is 4.98 Å². The molecule has 2 heterocycles. The lowest BCUT2D eigenvalue weighted by Crippen LogP contribution is -2.48. The van der Waals surface area contributed by atoms with E-state index in [9.17, 15) is 0 Å². The Hall–Kier alpha value is -1.14. The van der Waals surface area contributed by atoms with Crippen molar-refractivity contribution in [3.05, 3.63) is 45.9 Å². The van der Waals surface area contributed by atoms with Gasteiger partial charge in [0, 0.05) is 37.6 Å². The molecule has 3 rings (SSSR count). The van der Waals surface area contributed by atoms with Gasteiger partial charge in [-0.3, -0.25) is 4.90 Å². The summed E-state index contributed by atoms with van der Waals surface area (Å²) < 4.78 is 5.79. The van der Waals surface area contributed by atoms with Crippen LogP contribution >= 0.6 is 23.7 Å². The summed E-state index contributed by atoms with van der Waals surface area (Å²) in [4.78, 5) is 6.90. The number of nitrogens with zero attached hydrogens (tertiary/aromatic N) is 2. The predicted molar refractivity (Wildman–Crippen MR) is 97.6 cm³/mol. The van der Waals surface area contributed by atoms with E-state index in [0.717, 1.165) is 42.6 Å². The maximum Gasteiger partial charge on any atom is 0.131 e. The molecule has 1 aliphatic heterocycles. The van der Waals surface area contributed by atoms with E-state index in [-0.39, 0.29) is 12.4 Å². The highest BCUT2D eigenvalue weighted by Gasteiger charge is 2.15. The number of aryl methyl sites for hydroxylation is 1. The van der Waals surface area contributed by atoms with Crippen molar-refractivity contribution in [1.82, 2.24) is 15.2 Å². The normalized spacial score (nSPS) is 18.4. The van der Waals surface area contributed by atoms with E-state index in [1.807, 2.05) is 6.92 Å². The van der Waals surface area contributed by atoms with E-state index < -0.39 is 0 Å². The van der Waals surface area contributed by atoms with Crippen LogP contribution in [0.5, 0.6) is 5.75 Å². The molecule has 1 fully saturated rings. The third-order valence-corrected chi connectivity index (χ3v) is 4.66. The van der Waals surface area contributed by atoms with Crippen LogP contribution in [-0.4, -0.2) is 35.6 Å². The Morgan fingerprint density at radius 3 is 2.78 bits per heavy atom. The van der Waals surface area contributed by atoms with Gasteiger partial charge < -0.3 is 10.1 Å². The number of rotatable bonds is 5. The molecule has 126 valence electrons. The van der Waals surface area contributed by atoms with Gasteiger partial charge in [-0.1, -0.05) is 12.1 Å². The van der Waals surface area contributed by atoms with Crippen molar-refractivity contribution in [3.8, 4) is 5.75 Å². The number of hydrogen-bond donors (Lipinski definition) is 1. The molecule has 0 amide bonds. The summed E-state index contributed by atoms with van der Waals surface area (Å²) in [6.07, 6.45) is 0. The zero-order valence-electron chi connectivity index (χ0n) is 13.6. The minimum absolute atomic E-state index is 0. The van der Waals surface area contributed by atoms with Crippen molar-refractivity contribution in [2.24, 2.45) is 0 Å². The molecule has 1 aromatic heterocycles. The van der Waals surface area contributed by atoms with Gasteiger partial charge in [0.25, 0.3) is 0 Å². The lowest BCUT2D eigenvalue weighted by molar-refractivity contribution is 0.199. The summed E-state index contributed by atoms with van der Waals surface area (Å²) in [7, 11) is 0. The minimum atomic E-state index is 0. The van der Waals surface area contributed by atoms with E-state index in [4.69, 9.17) is 4.74 Å². The standard InChI is InChI=1S/C17H23N3OS.ClH/c1-13-9-20(8-7-18-13)10-15-3-5-17(6-4-15)21-11-16-12-22-14(2)19-16;/h3-6,12-13,18H,7-11H2,1-2H3;1H/t13-;/m1./s1. The minimum Gasteiger partial charge on any atom is -0.487 e. The molecule has 1 N–H and O–H groups in total. The fourth-order valence-electron chi connectivity index (χ4n) is 2.74. The number of piperazine rings is 1. The fraction of sp³-hybridized carbons (Fsp3) is 0.471. The highest BCUT2D eigenvalue weighted by molar-refractivity contribution is 7.09. The zero-order valence-corrected chi connectivity index (χ0v) is 15.3. The molecule has 0 unspecified atom stereocenters. The zero-order chi connectivity index (χ0) is 15.4. The molecule has 0 radical (unpaired) electrons. The van der Waals surface area contributed by atoms with E-state index in [2.05, 4.69) is 51.8 Å². The van der Waals surface area contributed by atoms with Gasteiger partial charge in [-0.2, -0.15) is 0 Å². The summed E-state index contributed by atoms with van der Waals surface area (Å²) in [5, 5.41) is 6.61. The average Bonchev–Trinajstić information content (AvgIpc) is 2.92. The van der Waals surface area contributed by atoms with Gasteiger partial charge >= 0.3 is 0 Å². The number of hydrogen-bond acceptors (Lipinski definition) is 5. The first kappa shape index (κ1) is 18.2. The van der Waals surface area contributed by atoms with E-state index in [1.54, 1.807) is 11.3 Å². The molecule has 1 saturated heterocycles. The number of thiazole rings is 1. The number of aromatic nitrogens is 1. The molecule has 0 bridgehead atoms. The Balaban J connectivity index is 0.00000192. The fourth-order valence-corrected chi connectivity index (χ4v) is 3.33. The second kappa shape index (κ2) is 8.64. The molecular weight excluding hydrogens is 330 g/mol. The molecule has 0 saturated carbocycles. The van der Waals surface area contributed by atoms with Crippen molar-refractivity contribution >= 4 is 23.7 Å². The third kappa shape index (κ3) is 5.46. The summed E-state index contributed by atoms with van der Waals surface area (Å²) in [6.45, 7) is 9.11. The molecule has 23 heavy (non-hydrogen) atoms. The summed E-state index contributed by atoms with van der Waals surface area (Å²) in [5.74, 6) is 0.906. The van der Waals surface area contributed by atoms with Gasteiger partial charge in [0.1, 0.15) is 12.4 Å².